The summed E-state index contributed by atoms with van der Waals surface area (Å²) < 4.78 is 5.46. The summed E-state index contributed by atoms with van der Waals surface area (Å²) in [6, 6.07) is 0.486. The lowest BCUT2D eigenvalue weighted by Crippen LogP contribution is -2.25. The Labute approximate surface area is 90.3 Å². The topological polar surface area (TPSA) is 38.2 Å². The number of nitrogens with zero attached hydrogens (tertiary/aromatic N) is 3. The number of aryl methyl sites for hydroxylation is 1. The summed E-state index contributed by atoms with van der Waals surface area (Å²) in [6.45, 7) is 6.05. The molecule has 1 aliphatic rings. The van der Waals surface area contributed by atoms with Crippen molar-refractivity contribution in [3.8, 4) is 6.01 Å². The van der Waals surface area contributed by atoms with Gasteiger partial charge in [-0.2, -0.15) is 0 Å². The Balaban J connectivity index is 1.71. The highest BCUT2D eigenvalue weighted by atomic mass is 16.5. The van der Waals surface area contributed by atoms with E-state index in [2.05, 4.69) is 14.9 Å². The zero-order valence-electron chi connectivity index (χ0n) is 9.15. The smallest absolute Gasteiger partial charge is 0.316 e. The van der Waals surface area contributed by atoms with Gasteiger partial charge in [0.15, 0.2) is 0 Å². The van der Waals surface area contributed by atoms with Gasteiger partial charge in [0.1, 0.15) is 6.61 Å². The largest absolute Gasteiger partial charge is 0.462 e. The molecule has 2 heterocycles. The molecule has 0 aromatic carbocycles. The molecule has 15 heavy (non-hydrogen) atoms. The molecule has 4 heteroatoms. The van der Waals surface area contributed by atoms with Gasteiger partial charge < -0.3 is 4.74 Å². The molecular formula is C11H17N3O. The van der Waals surface area contributed by atoms with Crippen molar-refractivity contribution in [2.75, 3.05) is 26.2 Å². The van der Waals surface area contributed by atoms with Crippen LogP contribution in [-0.2, 0) is 0 Å². The monoisotopic (exact) mass is 207 g/mol. The Morgan fingerprint density at radius 2 is 1.93 bits per heavy atom. The lowest BCUT2D eigenvalue weighted by Gasteiger charge is -2.13. The second kappa shape index (κ2) is 5.07. The molecule has 0 unspecified atom stereocenters. The number of hydrogen-bond donors (Lipinski definition) is 0. The number of hydrogen-bond acceptors (Lipinski definition) is 4. The van der Waals surface area contributed by atoms with E-state index in [1.807, 2.05) is 6.92 Å². The maximum atomic E-state index is 5.46. The SMILES string of the molecule is Cc1cnc(OCCN2CCCC2)nc1. The Kier molecular flexibility index (Phi) is 3.50. The molecule has 1 aromatic heterocycles. The van der Waals surface area contributed by atoms with Crippen LogP contribution in [0.2, 0.25) is 0 Å². The molecule has 0 N–H and O–H groups in total. The zero-order valence-corrected chi connectivity index (χ0v) is 9.15. The molecule has 0 saturated carbocycles. The lowest BCUT2D eigenvalue weighted by atomic mass is 10.4. The molecule has 0 atom stereocenters. The third kappa shape index (κ3) is 3.16. The van der Waals surface area contributed by atoms with Gasteiger partial charge in [-0.15, -0.1) is 0 Å². The van der Waals surface area contributed by atoms with Gasteiger partial charge in [-0.25, -0.2) is 9.97 Å². The van der Waals surface area contributed by atoms with E-state index in [9.17, 15) is 0 Å². The van der Waals surface area contributed by atoms with Crippen LogP contribution in [0.1, 0.15) is 18.4 Å². The summed E-state index contributed by atoms with van der Waals surface area (Å²) in [6.07, 6.45) is 6.19. The maximum Gasteiger partial charge on any atom is 0.316 e. The quantitative estimate of drug-likeness (QED) is 0.745. The van der Waals surface area contributed by atoms with Crippen LogP contribution >= 0.6 is 0 Å². The third-order valence-electron chi connectivity index (χ3n) is 2.59. The van der Waals surface area contributed by atoms with E-state index in [4.69, 9.17) is 4.74 Å². The van der Waals surface area contributed by atoms with E-state index >= 15 is 0 Å². The van der Waals surface area contributed by atoms with Gasteiger partial charge in [0.05, 0.1) is 0 Å². The first-order valence-corrected chi connectivity index (χ1v) is 5.48. The highest BCUT2D eigenvalue weighted by Crippen LogP contribution is 2.07. The minimum atomic E-state index is 0.486. The van der Waals surface area contributed by atoms with E-state index in [0.29, 0.717) is 12.6 Å². The Hall–Kier alpha value is -1.16. The Morgan fingerprint density at radius 1 is 1.27 bits per heavy atom. The van der Waals surface area contributed by atoms with Crippen molar-refractivity contribution in [1.82, 2.24) is 14.9 Å². The molecule has 0 spiro atoms. The van der Waals surface area contributed by atoms with Crippen molar-refractivity contribution >= 4 is 0 Å². The van der Waals surface area contributed by atoms with Crippen LogP contribution in [0.3, 0.4) is 0 Å². The fraction of sp³-hybridized carbons (Fsp3) is 0.636. The molecule has 0 radical (unpaired) electrons. The predicted octanol–water partition coefficient (Wildman–Crippen LogP) is 1.26. The highest BCUT2D eigenvalue weighted by Gasteiger charge is 2.10. The molecule has 0 aliphatic carbocycles. The van der Waals surface area contributed by atoms with E-state index in [1.54, 1.807) is 12.4 Å². The minimum absolute atomic E-state index is 0.486. The van der Waals surface area contributed by atoms with Gasteiger partial charge in [-0.1, -0.05) is 0 Å². The van der Waals surface area contributed by atoms with Gasteiger partial charge >= 0.3 is 6.01 Å². The standard InChI is InChI=1S/C11H17N3O/c1-10-8-12-11(13-9-10)15-7-6-14-4-2-3-5-14/h8-9H,2-7H2,1H3. The van der Waals surface area contributed by atoms with Gasteiger partial charge in [-0.3, -0.25) is 4.90 Å². The van der Waals surface area contributed by atoms with Crippen LogP contribution in [0.4, 0.5) is 0 Å². The number of aromatic nitrogens is 2. The fourth-order valence-corrected chi connectivity index (χ4v) is 1.73. The molecule has 1 aromatic rings. The number of ether oxygens (including phenoxy) is 1. The van der Waals surface area contributed by atoms with Crippen molar-refractivity contribution in [1.29, 1.82) is 0 Å². The minimum Gasteiger partial charge on any atom is -0.462 e. The van der Waals surface area contributed by atoms with Crippen LogP contribution < -0.4 is 4.74 Å². The van der Waals surface area contributed by atoms with Gasteiger partial charge in [0, 0.05) is 18.9 Å². The third-order valence-corrected chi connectivity index (χ3v) is 2.59. The first-order valence-electron chi connectivity index (χ1n) is 5.48. The molecule has 2 rings (SSSR count). The molecule has 4 nitrogen and oxygen atoms in total. The highest BCUT2D eigenvalue weighted by molar-refractivity contribution is 5.04. The maximum absolute atomic E-state index is 5.46. The van der Waals surface area contributed by atoms with Crippen LogP contribution in [0.5, 0.6) is 6.01 Å². The van der Waals surface area contributed by atoms with E-state index in [-0.39, 0.29) is 0 Å². The summed E-state index contributed by atoms with van der Waals surface area (Å²) in [5.74, 6) is 0. The number of rotatable bonds is 4. The number of likely N-dealkylation sites (tertiary alicyclic amines) is 1. The van der Waals surface area contributed by atoms with Crippen LogP contribution in [0.25, 0.3) is 0 Å². The van der Waals surface area contributed by atoms with Crippen LogP contribution in [-0.4, -0.2) is 41.1 Å². The summed E-state index contributed by atoms with van der Waals surface area (Å²) >= 11 is 0. The molecule has 1 saturated heterocycles. The first kappa shape index (κ1) is 10.4. The van der Waals surface area contributed by atoms with E-state index in [1.165, 1.54) is 25.9 Å². The van der Waals surface area contributed by atoms with Gasteiger partial charge in [-0.05, 0) is 38.4 Å². The van der Waals surface area contributed by atoms with E-state index < -0.39 is 0 Å². The van der Waals surface area contributed by atoms with Crippen LogP contribution in [0.15, 0.2) is 12.4 Å². The summed E-state index contributed by atoms with van der Waals surface area (Å²) in [4.78, 5) is 10.6. The summed E-state index contributed by atoms with van der Waals surface area (Å²) in [7, 11) is 0. The van der Waals surface area contributed by atoms with Gasteiger partial charge in [0.25, 0.3) is 0 Å². The molecule has 1 fully saturated rings. The second-order valence-electron chi connectivity index (χ2n) is 3.94. The molecule has 1 aliphatic heterocycles. The predicted molar refractivity (Wildman–Crippen MR) is 57.9 cm³/mol. The first-order chi connectivity index (χ1) is 7.34. The Morgan fingerprint density at radius 3 is 2.60 bits per heavy atom. The van der Waals surface area contributed by atoms with E-state index in [0.717, 1.165) is 12.1 Å². The molecule has 82 valence electrons. The molecule has 0 bridgehead atoms. The fourth-order valence-electron chi connectivity index (χ4n) is 1.73. The summed E-state index contributed by atoms with van der Waals surface area (Å²) in [5, 5.41) is 0. The van der Waals surface area contributed by atoms with Crippen molar-refractivity contribution in [2.24, 2.45) is 0 Å². The second-order valence-corrected chi connectivity index (χ2v) is 3.94. The van der Waals surface area contributed by atoms with Crippen molar-refractivity contribution in [3.63, 3.8) is 0 Å². The zero-order chi connectivity index (χ0) is 10.5. The van der Waals surface area contributed by atoms with Crippen molar-refractivity contribution in [2.45, 2.75) is 19.8 Å². The molecular weight excluding hydrogens is 190 g/mol. The average molecular weight is 207 g/mol. The Bertz CT molecular complexity index is 293. The van der Waals surface area contributed by atoms with Gasteiger partial charge in [0.2, 0.25) is 0 Å². The lowest BCUT2D eigenvalue weighted by molar-refractivity contribution is 0.225. The van der Waals surface area contributed by atoms with Crippen LogP contribution in [0, 0.1) is 6.92 Å². The summed E-state index contributed by atoms with van der Waals surface area (Å²) in [5.41, 5.74) is 1.06. The average Bonchev–Trinajstić information content (AvgIpc) is 2.74. The van der Waals surface area contributed by atoms with Crippen molar-refractivity contribution in [3.05, 3.63) is 18.0 Å². The molecule has 0 amide bonds. The van der Waals surface area contributed by atoms with Crippen molar-refractivity contribution < 1.29 is 4.74 Å². The normalized spacial score (nSPS) is 16.9.